The van der Waals surface area contributed by atoms with Crippen LogP contribution >= 0.6 is 0 Å². The highest BCUT2D eigenvalue weighted by Gasteiger charge is 2.21. The summed E-state index contributed by atoms with van der Waals surface area (Å²) in [5, 5.41) is 13.0. The molecular formula is C14H29NO. The minimum atomic E-state index is -0.570. The van der Waals surface area contributed by atoms with E-state index in [1.807, 2.05) is 13.8 Å². The zero-order chi connectivity index (χ0) is 12.0. The number of hydrogen-bond acceptors (Lipinski definition) is 2. The van der Waals surface area contributed by atoms with Crippen molar-refractivity contribution in [2.24, 2.45) is 11.8 Å². The van der Waals surface area contributed by atoms with Gasteiger partial charge in [0.1, 0.15) is 0 Å². The van der Waals surface area contributed by atoms with Gasteiger partial charge in [-0.15, -0.1) is 0 Å². The van der Waals surface area contributed by atoms with Crippen molar-refractivity contribution in [2.75, 3.05) is 13.1 Å². The molecule has 1 fully saturated rings. The number of nitrogens with one attached hydrogen (secondary N) is 1. The predicted octanol–water partition coefficient (Wildman–Crippen LogP) is 2.95. The van der Waals surface area contributed by atoms with E-state index in [1.54, 1.807) is 0 Å². The number of rotatable bonds is 6. The number of aliphatic hydroxyl groups is 1. The third-order valence-corrected chi connectivity index (χ3v) is 3.65. The summed E-state index contributed by atoms with van der Waals surface area (Å²) in [4.78, 5) is 0. The third-order valence-electron chi connectivity index (χ3n) is 3.65. The Labute approximate surface area is 101 Å². The maximum Gasteiger partial charge on any atom is 0.0715 e. The fourth-order valence-corrected chi connectivity index (χ4v) is 2.71. The van der Waals surface area contributed by atoms with Gasteiger partial charge < -0.3 is 10.4 Å². The first kappa shape index (κ1) is 14.0. The van der Waals surface area contributed by atoms with Gasteiger partial charge in [-0.05, 0) is 45.1 Å². The van der Waals surface area contributed by atoms with Crippen LogP contribution in [0.4, 0.5) is 0 Å². The van der Waals surface area contributed by atoms with Crippen LogP contribution in [0.5, 0.6) is 0 Å². The Hall–Kier alpha value is -0.0800. The molecule has 1 aliphatic rings. The summed E-state index contributed by atoms with van der Waals surface area (Å²) in [6, 6.07) is 0. The summed E-state index contributed by atoms with van der Waals surface area (Å²) >= 11 is 0. The SMILES string of the molecule is CCCC1CCC(CNCC(C)(C)O)CC1. The molecule has 0 aliphatic heterocycles. The lowest BCUT2D eigenvalue weighted by atomic mass is 9.80. The van der Waals surface area contributed by atoms with Gasteiger partial charge in [-0.25, -0.2) is 0 Å². The van der Waals surface area contributed by atoms with Crippen LogP contribution in [-0.4, -0.2) is 23.8 Å². The van der Waals surface area contributed by atoms with Crippen molar-refractivity contribution in [2.45, 2.75) is 64.9 Å². The second-order valence-corrected chi connectivity index (χ2v) is 6.12. The van der Waals surface area contributed by atoms with Gasteiger partial charge in [0.25, 0.3) is 0 Å². The Morgan fingerprint density at radius 3 is 2.19 bits per heavy atom. The molecule has 0 spiro atoms. The van der Waals surface area contributed by atoms with Crippen LogP contribution in [-0.2, 0) is 0 Å². The van der Waals surface area contributed by atoms with Crippen LogP contribution in [0.15, 0.2) is 0 Å². The van der Waals surface area contributed by atoms with Crippen LogP contribution in [0.25, 0.3) is 0 Å². The molecule has 0 bridgehead atoms. The molecule has 0 amide bonds. The minimum Gasteiger partial charge on any atom is -0.389 e. The zero-order valence-corrected chi connectivity index (χ0v) is 11.3. The summed E-state index contributed by atoms with van der Waals surface area (Å²) in [6.07, 6.45) is 8.36. The van der Waals surface area contributed by atoms with E-state index in [-0.39, 0.29) is 0 Å². The lowest BCUT2D eigenvalue weighted by Crippen LogP contribution is -2.37. The van der Waals surface area contributed by atoms with Gasteiger partial charge >= 0.3 is 0 Å². The van der Waals surface area contributed by atoms with Crippen molar-refractivity contribution < 1.29 is 5.11 Å². The zero-order valence-electron chi connectivity index (χ0n) is 11.3. The standard InChI is InChI=1S/C14H29NO/c1-4-5-12-6-8-13(9-7-12)10-15-11-14(2,3)16/h12-13,15-16H,4-11H2,1-3H3. The van der Waals surface area contributed by atoms with E-state index in [2.05, 4.69) is 12.2 Å². The van der Waals surface area contributed by atoms with Crippen molar-refractivity contribution in [3.05, 3.63) is 0 Å². The second kappa shape index (κ2) is 6.61. The van der Waals surface area contributed by atoms with Crippen LogP contribution in [0, 0.1) is 11.8 Å². The molecule has 0 aromatic carbocycles. The van der Waals surface area contributed by atoms with Gasteiger partial charge in [-0.2, -0.15) is 0 Å². The van der Waals surface area contributed by atoms with E-state index in [0.717, 1.165) is 18.4 Å². The summed E-state index contributed by atoms with van der Waals surface area (Å²) in [7, 11) is 0. The highest BCUT2D eigenvalue weighted by atomic mass is 16.3. The van der Waals surface area contributed by atoms with E-state index in [0.29, 0.717) is 6.54 Å². The smallest absolute Gasteiger partial charge is 0.0715 e. The van der Waals surface area contributed by atoms with Crippen molar-refractivity contribution in [1.29, 1.82) is 0 Å². The molecule has 0 aromatic heterocycles. The molecule has 96 valence electrons. The van der Waals surface area contributed by atoms with Crippen molar-refractivity contribution in [3.8, 4) is 0 Å². The Morgan fingerprint density at radius 1 is 1.12 bits per heavy atom. The Bertz CT molecular complexity index is 178. The summed E-state index contributed by atoms with van der Waals surface area (Å²) < 4.78 is 0. The molecule has 0 saturated heterocycles. The van der Waals surface area contributed by atoms with Crippen LogP contribution in [0.3, 0.4) is 0 Å². The normalized spacial score (nSPS) is 27.0. The van der Waals surface area contributed by atoms with Gasteiger partial charge in [0.05, 0.1) is 5.60 Å². The van der Waals surface area contributed by atoms with E-state index in [9.17, 15) is 5.11 Å². The molecule has 1 aliphatic carbocycles. The van der Waals surface area contributed by atoms with Gasteiger partial charge in [0.2, 0.25) is 0 Å². The molecule has 2 N–H and O–H groups in total. The highest BCUT2D eigenvalue weighted by Crippen LogP contribution is 2.31. The average molecular weight is 227 g/mol. The summed E-state index contributed by atoms with van der Waals surface area (Å²) in [5.41, 5.74) is -0.570. The largest absolute Gasteiger partial charge is 0.389 e. The predicted molar refractivity (Wildman–Crippen MR) is 69.5 cm³/mol. The monoisotopic (exact) mass is 227 g/mol. The molecule has 2 nitrogen and oxygen atoms in total. The molecule has 0 aromatic rings. The number of hydrogen-bond donors (Lipinski definition) is 2. The molecular weight excluding hydrogens is 198 g/mol. The maximum atomic E-state index is 9.60. The summed E-state index contributed by atoms with van der Waals surface area (Å²) in [6.45, 7) is 7.80. The fraction of sp³-hybridized carbons (Fsp3) is 1.00. The van der Waals surface area contributed by atoms with Gasteiger partial charge in [-0.1, -0.05) is 32.6 Å². The Balaban J connectivity index is 2.08. The maximum absolute atomic E-state index is 9.60. The van der Waals surface area contributed by atoms with Crippen LogP contribution in [0.1, 0.15) is 59.3 Å². The van der Waals surface area contributed by atoms with Gasteiger partial charge in [0, 0.05) is 6.54 Å². The molecule has 2 heteroatoms. The molecule has 1 rings (SSSR count). The second-order valence-electron chi connectivity index (χ2n) is 6.12. The van der Waals surface area contributed by atoms with Gasteiger partial charge in [-0.3, -0.25) is 0 Å². The molecule has 0 atom stereocenters. The van der Waals surface area contributed by atoms with Crippen LogP contribution < -0.4 is 5.32 Å². The average Bonchev–Trinajstić information content (AvgIpc) is 2.19. The molecule has 0 unspecified atom stereocenters. The Morgan fingerprint density at radius 2 is 1.69 bits per heavy atom. The first-order chi connectivity index (χ1) is 7.51. The summed E-state index contributed by atoms with van der Waals surface area (Å²) in [5.74, 6) is 1.84. The van der Waals surface area contributed by atoms with Crippen molar-refractivity contribution in [1.82, 2.24) is 5.32 Å². The first-order valence-electron chi connectivity index (χ1n) is 6.94. The van der Waals surface area contributed by atoms with E-state index in [1.165, 1.54) is 38.5 Å². The lowest BCUT2D eigenvalue weighted by molar-refractivity contribution is 0.0776. The fourth-order valence-electron chi connectivity index (χ4n) is 2.71. The minimum absolute atomic E-state index is 0.570. The highest BCUT2D eigenvalue weighted by molar-refractivity contribution is 4.76. The van der Waals surface area contributed by atoms with Crippen molar-refractivity contribution in [3.63, 3.8) is 0 Å². The molecule has 0 radical (unpaired) electrons. The van der Waals surface area contributed by atoms with Gasteiger partial charge in [0.15, 0.2) is 0 Å². The van der Waals surface area contributed by atoms with Crippen LogP contribution in [0.2, 0.25) is 0 Å². The third kappa shape index (κ3) is 5.86. The molecule has 1 saturated carbocycles. The quantitative estimate of drug-likeness (QED) is 0.731. The first-order valence-corrected chi connectivity index (χ1v) is 6.94. The van der Waals surface area contributed by atoms with E-state index >= 15 is 0 Å². The van der Waals surface area contributed by atoms with E-state index < -0.39 is 5.60 Å². The molecule has 16 heavy (non-hydrogen) atoms. The topological polar surface area (TPSA) is 32.3 Å². The lowest BCUT2D eigenvalue weighted by Gasteiger charge is -2.29. The Kier molecular flexibility index (Phi) is 5.77. The van der Waals surface area contributed by atoms with Crippen molar-refractivity contribution >= 4 is 0 Å². The van der Waals surface area contributed by atoms with E-state index in [4.69, 9.17) is 0 Å². The molecule has 0 heterocycles.